The molecule has 0 aliphatic heterocycles. The summed E-state index contributed by atoms with van der Waals surface area (Å²) in [6.07, 6.45) is 0. The lowest BCUT2D eigenvalue weighted by Crippen LogP contribution is -1.99. The maximum absolute atomic E-state index is 10.7. The summed E-state index contributed by atoms with van der Waals surface area (Å²) in [6.45, 7) is 0. The van der Waals surface area contributed by atoms with Gasteiger partial charge in [-0.15, -0.1) is 5.10 Å². The van der Waals surface area contributed by atoms with Crippen molar-refractivity contribution in [3.05, 3.63) is 35.5 Å². The maximum Gasteiger partial charge on any atom is 0.362 e. The van der Waals surface area contributed by atoms with Crippen molar-refractivity contribution in [2.45, 2.75) is 0 Å². The second kappa shape index (κ2) is 4.32. The van der Waals surface area contributed by atoms with E-state index in [4.69, 9.17) is 15.1 Å². The van der Waals surface area contributed by atoms with Crippen molar-refractivity contribution in [2.75, 3.05) is 0 Å². The number of nitriles is 1. The summed E-state index contributed by atoms with van der Waals surface area (Å²) in [5.41, 5.74) is 0.188. The molecule has 0 radical (unpaired) electrons. The molecule has 0 amide bonds. The minimum absolute atomic E-state index is 0.0535. The van der Waals surface area contributed by atoms with Crippen LogP contribution in [0.4, 0.5) is 0 Å². The minimum Gasteiger partial charge on any atom is -0.476 e. The summed E-state index contributed by atoms with van der Waals surface area (Å²) in [6, 6.07) is 8.16. The lowest BCUT2D eigenvalue weighted by Gasteiger charge is -2.02. The highest BCUT2D eigenvalue weighted by Gasteiger charge is 2.16. The predicted octanol–water partition coefficient (Wildman–Crippen LogP) is 1.17. The Hall–Kier alpha value is -2.88. The molecule has 1 aromatic heterocycles. The van der Waals surface area contributed by atoms with Crippen LogP contribution in [0.5, 0.6) is 11.6 Å². The van der Waals surface area contributed by atoms with Crippen LogP contribution in [0, 0.1) is 11.3 Å². The predicted molar refractivity (Wildman–Crippen MR) is 54.6 cm³/mol. The van der Waals surface area contributed by atoms with Gasteiger partial charge in [-0.2, -0.15) is 5.26 Å². The van der Waals surface area contributed by atoms with Gasteiger partial charge < -0.3 is 9.84 Å². The van der Waals surface area contributed by atoms with Gasteiger partial charge >= 0.3 is 5.97 Å². The molecule has 2 aromatic rings. The molecule has 17 heavy (non-hydrogen) atoms. The molecule has 0 spiro atoms. The fraction of sp³-hybridized carbons (Fsp3) is 0. The first kappa shape index (κ1) is 10.6. The molecule has 2 N–H and O–H groups in total. The topological polar surface area (TPSA) is 112 Å². The first-order chi connectivity index (χ1) is 8.20. The third kappa shape index (κ3) is 2.21. The summed E-state index contributed by atoms with van der Waals surface area (Å²) in [5, 5.41) is 26.4. The van der Waals surface area contributed by atoms with Crippen molar-refractivity contribution in [1.82, 2.24) is 15.4 Å². The number of carbonyl (C=O) groups is 1. The van der Waals surface area contributed by atoms with Crippen LogP contribution in [0.3, 0.4) is 0 Å². The molecule has 1 aromatic carbocycles. The van der Waals surface area contributed by atoms with Gasteiger partial charge in [0.15, 0.2) is 0 Å². The third-order valence-corrected chi connectivity index (χ3v) is 1.92. The van der Waals surface area contributed by atoms with E-state index in [2.05, 4.69) is 15.4 Å². The van der Waals surface area contributed by atoms with Gasteiger partial charge in [0, 0.05) is 0 Å². The molecular weight excluding hydrogens is 224 g/mol. The molecule has 2 rings (SSSR count). The summed E-state index contributed by atoms with van der Waals surface area (Å²) in [4.78, 5) is 10.7. The van der Waals surface area contributed by atoms with Gasteiger partial charge in [0.25, 0.3) is 5.88 Å². The molecule has 0 bridgehead atoms. The van der Waals surface area contributed by atoms with Crippen LogP contribution in [0.25, 0.3) is 0 Å². The monoisotopic (exact) mass is 230 g/mol. The van der Waals surface area contributed by atoms with Crippen LogP contribution in [0.15, 0.2) is 24.3 Å². The zero-order valence-electron chi connectivity index (χ0n) is 8.41. The van der Waals surface area contributed by atoms with Crippen LogP contribution in [0.2, 0.25) is 0 Å². The number of rotatable bonds is 3. The SMILES string of the molecule is N#Cc1ccc(Oc2[nH]nnc2C(=O)O)cc1. The minimum atomic E-state index is -1.23. The number of aromatic nitrogens is 3. The quantitative estimate of drug-likeness (QED) is 0.818. The highest BCUT2D eigenvalue weighted by molar-refractivity contribution is 5.87. The Kier molecular flexibility index (Phi) is 2.70. The molecule has 0 aliphatic carbocycles. The Labute approximate surface area is 95.3 Å². The average molecular weight is 230 g/mol. The summed E-state index contributed by atoms with van der Waals surface area (Å²) in [7, 11) is 0. The van der Waals surface area contributed by atoms with E-state index in [0.717, 1.165) is 0 Å². The molecule has 0 fully saturated rings. The lowest BCUT2D eigenvalue weighted by molar-refractivity contribution is 0.0687. The van der Waals surface area contributed by atoms with Crippen LogP contribution in [0.1, 0.15) is 16.1 Å². The molecule has 0 unspecified atom stereocenters. The van der Waals surface area contributed by atoms with Gasteiger partial charge in [-0.25, -0.2) is 9.89 Å². The number of H-pyrrole nitrogens is 1. The van der Waals surface area contributed by atoms with Crippen molar-refractivity contribution in [3.8, 4) is 17.7 Å². The molecule has 84 valence electrons. The Morgan fingerprint density at radius 1 is 1.41 bits per heavy atom. The molecule has 0 saturated heterocycles. The number of hydrogen-bond acceptors (Lipinski definition) is 5. The fourth-order valence-corrected chi connectivity index (χ4v) is 1.15. The van der Waals surface area contributed by atoms with Crippen LogP contribution in [-0.2, 0) is 0 Å². The van der Waals surface area contributed by atoms with E-state index in [1.807, 2.05) is 6.07 Å². The molecule has 0 aliphatic rings. The number of benzene rings is 1. The van der Waals surface area contributed by atoms with Gasteiger partial charge in [0.05, 0.1) is 11.6 Å². The second-order valence-corrected chi connectivity index (χ2v) is 3.03. The molecule has 7 heteroatoms. The van der Waals surface area contributed by atoms with Crippen molar-refractivity contribution in [1.29, 1.82) is 5.26 Å². The van der Waals surface area contributed by atoms with Crippen LogP contribution >= 0.6 is 0 Å². The summed E-state index contributed by atoms with van der Waals surface area (Å²) in [5.74, 6) is -0.901. The summed E-state index contributed by atoms with van der Waals surface area (Å²) >= 11 is 0. The van der Waals surface area contributed by atoms with E-state index in [-0.39, 0.29) is 11.6 Å². The third-order valence-electron chi connectivity index (χ3n) is 1.92. The normalized spacial score (nSPS) is 9.59. The van der Waals surface area contributed by atoms with Crippen molar-refractivity contribution >= 4 is 5.97 Å². The Morgan fingerprint density at radius 2 is 2.12 bits per heavy atom. The van der Waals surface area contributed by atoms with Crippen molar-refractivity contribution < 1.29 is 14.6 Å². The summed E-state index contributed by atoms with van der Waals surface area (Å²) < 4.78 is 5.24. The van der Waals surface area contributed by atoms with E-state index in [1.165, 1.54) is 0 Å². The largest absolute Gasteiger partial charge is 0.476 e. The van der Waals surface area contributed by atoms with Crippen LogP contribution in [-0.4, -0.2) is 26.5 Å². The molecule has 1 heterocycles. The number of ether oxygens (including phenoxy) is 1. The van der Waals surface area contributed by atoms with Crippen molar-refractivity contribution in [2.24, 2.45) is 0 Å². The van der Waals surface area contributed by atoms with E-state index in [0.29, 0.717) is 11.3 Å². The van der Waals surface area contributed by atoms with Crippen molar-refractivity contribution in [3.63, 3.8) is 0 Å². The molecular formula is C10H6N4O3. The number of nitrogens with zero attached hydrogens (tertiary/aromatic N) is 3. The number of carboxylic acid groups (broad SMARTS) is 1. The van der Waals surface area contributed by atoms with E-state index >= 15 is 0 Å². The number of aromatic amines is 1. The van der Waals surface area contributed by atoms with Crippen LogP contribution < -0.4 is 4.74 Å². The Balaban J connectivity index is 2.23. The number of nitrogens with one attached hydrogen (secondary N) is 1. The molecule has 7 nitrogen and oxygen atoms in total. The first-order valence-electron chi connectivity index (χ1n) is 4.53. The molecule has 0 saturated carbocycles. The lowest BCUT2D eigenvalue weighted by atomic mass is 10.2. The van der Waals surface area contributed by atoms with E-state index in [1.54, 1.807) is 24.3 Å². The maximum atomic E-state index is 10.7. The smallest absolute Gasteiger partial charge is 0.362 e. The fourth-order valence-electron chi connectivity index (χ4n) is 1.15. The Morgan fingerprint density at radius 3 is 2.71 bits per heavy atom. The highest BCUT2D eigenvalue weighted by atomic mass is 16.5. The zero-order valence-corrected chi connectivity index (χ0v) is 8.41. The van der Waals surface area contributed by atoms with Gasteiger partial charge in [-0.1, -0.05) is 5.21 Å². The first-order valence-corrected chi connectivity index (χ1v) is 4.53. The number of aromatic carboxylic acids is 1. The standard InChI is InChI=1S/C10H6N4O3/c11-5-6-1-3-7(4-2-6)17-9-8(10(15)16)12-14-13-9/h1-4H,(H,15,16)(H,12,13,14). The molecule has 0 atom stereocenters. The highest BCUT2D eigenvalue weighted by Crippen LogP contribution is 2.21. The number of hydrogen-bond donors (Lipinski definition) is 2. The van der Waals surface area contributed by atoms with E-state index in [9.17, 15) is 4.79 Å². The second-order valence-electron chi connectivity index (χ2n) is 3.03. The van der Waals surface area contributed by atoms with Gasteiger partial charge in [-0.3, -0.25) is 0 Å². The van der Waals surface area contributed by atoms with Gasteiger partial charge in [0.1, 0.15) is 5.75 Å². The zero-order chi connectivity index (χ0) is 12.3. The number of carboxylic acids is 1. The Bertz CT molecular complexity index is 582. The average Bonchev–Trinajstić information content (AvgIpc) is 2.78. The van der Waals surface area contributed by atoms with Gasteiger partial charge in [0.2, 0.25) is 5.69 Å². The van der Waals surface area contributed by atoms with E-state index < -0.39 is 5.97 Å². The van der Waals surface area contributed by atoms with Gasteiger partial charge in [-0.05, 0) is 24.3 Å².